The summed E-state index contributed by atoms with van der Waals surface area (Å²) in [6, 6.07) is 11.4. The SMILES string of the molecule is Cc1ccc(-c2cc(F)c(OCC3COC(c4ccc(OC(F)(F)F)cc4)OC3)c(F)c2)c(F)c1. The van der Waals surface area contributed by atoms with Gasteiger partial charge in [0.25, 0.3) is 0 Å². The topological polar surface area (TPSA) is 36.9 Å². The summed E-state index contributed by atoms with van der Waals surface area (Å²) in [7, 11) is 0. The molecule has 0 radical (unpaired) electrons. The van der Waals surface area contributed by atoms with Crippen molar-refractivity contribution in [2.75, 3.05) is 19.8 Å². The van der Waals surface area contributed by atoms with Crippen LogP contribution in [-0.2, 0) is 9.47 Å². The van der Waals surface area contributed by atoms with Crippen LogP contribution in [0.5, 0.6) is 11.5 Å². The lowest BCUT2D eigenvalue weighted by molar-refractivity contribution is -0.274. The lowest BCUT2D eigenvalue weighted by Crippen LogP contribution is -2.31. The average Bonchev–Trinajstić information content (AvgIpc) is 2.78. The third-order valence-electron chi connectivity index (χ3n) is 5.25. The van der Waals surface area contributed by atoms with Gasteiger partial charge in [-0.05, 0) is 48.4 Å². The van der Waals surface area contributed by atoms with Gasteiger partial charge in [-0.2, -0.15) is 0 Å². The van der Waals surface area contributed by atoms with Gasteiger partial charge in [0.05, 0.1) is 19.8 Å². The summed E-state index contributed by atoms with van der Waals surface area (Å²) in [6.45, 7) is 1.84. The molecule has 3 aromatic carbocycles. The molecule has 0 N–H and O–H groups in total. The molecule has 186 valence electrons. The van der Waals surface area contributed by atoms with Gasteiger partial charge in [0.15, 0.2) is 23.7 Å². The molecule has 35 heavy (non-hydrogen) atoms. The highest BCUT2D eigenvalue weighted by Crippen LogP contribution is 2.32. The molecule has 0 atom stereocenters. The fourth-order valence-electron chi connectivity index (χ4n) is 3.57. The third kappa shape index (κ3) is 6.26. The first kappa shape index (κ1) is 24.9. The lowest BCUT2D eigenvalue weighted by Gasteiger charge is -2.29. The first-order valence-corrected chi connectivity index (χ1v) is 10.6. The van der Waals surface area contributed by atoms with Gasteiger partial charge < -0.3 is 18.9 Å². The fourth-order valence-corrected chi connectivity index (χ4v) is 3.57. The van der Waals surface area contributed by atoms with E-state index in [9.17, 15) is 26.3 Å². The molecule has 10 heteroatoms. The minimum Gasteiger partial charge on any atom is -0.487 e. The molecule has 0 bridgehead atoms. The highest BCUT2D eigenvalue weighted by Gasteiger charge is 2.31. The van der Waals surface area contributed by atoms with Crippen LogP contribution in [0.2, 0.25) is 0 Å². The van der Waals surface area contributed by atoms with Crippen molar-refractivity contribution in [3.63, 3.8) is 0 Å². The Morgan fingerprint density at radius 2 is 1.49 bits per heavy atom. The number of ether oxygens (including phenoxy) is 4. The van der Waals surface area contributed by atoms with Gasteiger partial charge in [0.1, 0.15) is 11.6 Å². The molecule has 1 saturated heterocycles. The molecule has 1 aliphatic heterocycles. The van der Waals surface area contributed by atoms with Gasteiger partial charge in [-0.15, -0.1) is 13.2 Å². The second-order valence-corrected chi connectivity index (χ2v) is 8.04. The largest absolute Gasteiger partial charge is 0.573 e. The van der Waals surface area contributed by atoms with Crippen LogP contribution in [0.3, 0.4) is 0 Å². The van der Waals surface area contributed by atoms with Gasteiger partial charge in [0.2, 0.25) is 0 Å². The zero-order valence-electron chi connectivity index (χ0n) is 18.4. The third-order valence-corrected chi connectivity index (χ3v) is 5.25. The maximum absolute atomic E-state index is 14.6. The van der Waals surface area contributed by atoms with Crippen LogP contribution in [-0.4, -0.2) is 26.2 Å². The summed E-state index contributed by atoms with van der Waals surface area (Å²) < 4.78 is 100. The molecule has 4 rings (SSSR count). The van der Waals surface area contributed by atoms with E-state index >= 15 is 0 Å². The Morgan fingerprint density at radius 1 is 0.857 bits per heavy atom. The van der Waals surface area contributed by atoms with E-state index in [1.165, 1.54) is 24.3 Å². The second-order valence-electron chi connectivity index (χ2n) is 8.04. The molecule has 1 heterocycles. The molecule has 0 aliphatic carbocycles. The molecule has 0 unspecified atom stereocenters. The van der Waals surface area contributed by atoms with E-state index in [-0.39, 0.29) is 42.6 Å². The number of hydrogen-bond acceptors (Lipinski definition) is 4. The van der Waals surface area contributed by atoms with Crippen molar-refractivity contribution >= 4 is 0 Å². The van der Waals surface area contributed by atoms with Crippen LogP contribution in [0.1, 0.15) is 17.4 Å². The predicted octanol–water partition coefficient (Wildman–Crippen LogP) is 6.72. The van der Waals surface area contributed by atoms with Gasteiger partial charge in [-0.3, -0.25) is 0 Å². The smallest absolute Gasteiger partial charge is 0.487 e. The van der Waals surface area contributed by atoms with E-state index < -0.39 is 35.9 Å². The minimum atomic E-state index is -4.79. The molecule has 4 nitrogen and oxygen atoms in total. The van der Waals surface area contributed by atoms with Crippen molar-refractivity contribution < 1.29 is 45.3 Å². The zero-order chi connectivity index (χ0) is 25.2. The van der Waals surface area contributed by atoms with E-state index in [1.54, 1.807) is 13.0 Å². The fraction of sp³-hybridized carbons (Fsp3) is 0.280. The summed E-state index contributed by atoms with van der Waals surface area (Å²) in [6.07, 6.45) is -5.61. The van der Waals surface area contributed by atoms with Crippen LogP contribution in [0, 0.1) is 30.3 Å². The maximum atomic E-state index is 14.6. The predicted molar refractivity (Wildman–Crippen MR) is 113 cm³/mol. The van der Waals surface area contributed by atoms with Crippen molar-refractivity contribution in [3.05, 3.63) is 83.2 Å². The van der Waals surface area contributed by atoms with E-state index in [4.69, 9.17) is 14.2 Å². The van der Waals surface area contributed by atoms with Crippen LogP contribution >= 0.6 is 0 Å². The van der Waals surface area contributed by atoms with Crippen molar-refractivity contribution in [2.24, 2.45) is 5.92 Å². The van der Waals surface area contributed by atoms with Crippen LogP contribution < -0.4 is 9.47 Å². The van der Waals surface area contributed by atoms with Crippen LogP contribution in [0.25, 0.3) is 11.1 Å². The normalized spacial score (nSPS) is 18.4. The van der Waals surface area contributed by atoms with Crippen LogP contribution in [0.4, 0.5) is 26.3 Å². The molecule has 0 aromatic heterocycles. The number of aryl methyl sites for hydroxylation is 1. The van der Waals surface area contributed by atoms with E-state index in [0.717, 1.165) is 24.3 Å². The molecule has 1 fully saturated rings. The number of benzene rings is 3. The van der Waals surface area contributed by atoms with E-state index in [0.29, 0.717) is 11.1 Å². The summed E-state index contributed by atoms with van der Waals surface area (Å²) in [4.78, 5) is 0. The van der Waals surface area contributed by atoms with Crippen molar-refractivity contribution in [2.45, 2.75) is 19.6 Å². The van der Waals surface area contributed by atoms with Crippen molar-refractivity contribution in [1.29, 1.82) is 0 Å². The molecule has 1 aliphatic rings. The van der Waals surface area contributed by atoms with Gasteiger partial charge >= 0.3 is 6.36 Å². The Morgan fingerprint density at radius 3 is 2.06 bits per heavy atom. The minimum absolute atomic E-state index is 0.0451. The first-order chi connectivity index (χ1) is 16.6. The van der Waals surface area contributed by atoms with Gasteiger partial charge in [0, 0.05) is 17.0 Å². The number of rotatable bonds is 6. The number of halogens is 6. The summed E-state index contributed by atoms with van der Waals surface area (Å²) in [5, 5.41) is 0. The van der Waals surface area contributed by atoms with Gasteiger partial charge in [-0.1, -0.05) is 24.3 Å². The lowest BCUT2D eigenvalue weighted by atomic mass is 10.0. The highest BCUT2D eigenvalue weighted by atomic mass is 19.4. The molecule has 0 spiro atoms. The standard InChI is InChI=1S/C25H20F6O4/c1-14-2-7-19(20(26)8-14)17-9-21(27)23(22(28)10-17)32-11-15-12-33-24(34-13-15)16-3-5-18(6-4-16)35-25(29,30)31/h2-10,15,24H,11-13H2,1H3. The Balaban J connectivity index is 1.33. The zero-order valence-corrected chi connectivity index (χ0v) is 18.4. The molecule has 3 aromatic rings. The van der Waals surface area contributed by atoms with Crippen molar-refractivity contribution in [1.82, 2.24) is 0 Å². The number of hydrogen-bond donors (Lipinski definition) is 0. The van der Waals surface area contributed by atoms with Crippen molar-refractivity contribution in [3.8, 4) is 22.6 Å². The molecular formula is C25H20F6O4. The monoisotopic (exact) mass is 498 g/mol. The second kappa shape index (κ2) is 10.2. The average molecular weight is 498 g/mol. The number of alkyl halides is 3. The Bertz CT molecular complexity index is 1150. The summed E-state index contributed by atoms with van der Waals surface area (Å²) in [5.74, 6) is -3.86. The highest BCUT2D eigenvalue weighted by molar-refractivity contribution is 5.65. The Hall–Kier alpha value is -3.24. The molecule has 0 amide bonds. The quantitative estimate of drug-likeness (QED) is 0.354. The summed E-state index contributed by atoms with van der Waals surface area (Å²) in [5.41, 5.74) is 1.27. The summed E-state index contributed by atoms with van der Waals surface area (Å²) >= 11 is 0. The Labute approximate surface area is 197 Å². The van der Waals surface area contributed by atoms with Crippen LogP contribution in [0.15, 0.2) is 54.6 Å². The molecular weight excluding hydrogens is 478 g/mol. The van der Waals surface area contributed by atoms with Gasteiger partial charge in [-0.25, -0.2) is 13.2 Å². The first-order valence-electron chi connectivity index (χ1n) is 10.6. The molecule has 0 saturated carbocycles. The maximum Gasteiger partial charge on any atom is 0.573 e. The Kier molecular flexibility index (Phi) is 7.23. The van der Waals surface area contributed by atoms with E-state index in [2.05, 4.69) is 4.74 Å². The van der Waals surface area contributed by atoms with E-state index in [1.807, 2.05) is 0 Å².